The molecule has 1 amide bonds. The number of cyclic esters (lactones) is 1. The lowest BCUT2D eigenvalue weighted by Gasteiger charge is -2.45. The van der Waals surface area contributed by atoms with E-state index in [4.69, 9.17) is 23.6 Å². The number of allylic oxidation sites excluding steroid dienone is 10. The number of aliphatic hydroxyl groups excluding tert-OH is 9. The Labute approximate surface area is 499 Å². The Hall–Kier alpha value is -5.85. The number of hydrogen-bond donors (Lipinski definition) is 12. The van der Waals surface area contributed by atoms with Crippen molar-refractivity contribution in [3.05, 3.63) is 95.2 Å². The highest BCUT2D eigenvalue weighted by Crippen LogP contribution is 2.39. The molecule has 480 valence electrons. The maximum atomic E-state index is 13.4. The monoisotopic (exact) mass is 1220 g/mol. The van der Waals surface area contributed by atoms with Crippen molar-refractivity contribution in [1.29, 1.82) is 0 Å². The van der Waals surface area contributed by atoms with E-state index >= 15 is 0 Å². The number of benzene rings is 1. The second kappa shape index (κ2) is 34.6. The Kier molecular flexibility index (Phi) is 28.6. The van der Waals surface area contributed by atoms with Gasteiger partial charge < -0.3 is 85.3 Å². The zero-order valence-electron chi connectivity index (χ0n) is 49.4. The molecule has 1 aromatic heterocycles. The first-order valence-electron chi connectivity index (χ1n) is 29.4. The van der Waals surface area contributed by atoms with Gasteiger partial charge in [-0.05, 0) is 81.6 Å². The van der Waals surface area contributed by atoms with Gasteiger partial charge in [-0.25, -0.2) is 4.63 Å². The van der Waals surface area contributed by atoms with Crippen LogP contribution in [-0.4, -0.2) is 200 Å². The number of carboxylic acid groups (broad SMARTS) is 1. The summed E-state index contributed by atoms with van der Waals surface area (Å²) in [6, 6.07) is 1.56. The average molecular weight is 1220 g/mol. The van der Waals surface area contributed by atoms with Crippen molar-refractivity contribution in [1.82, 2.24) is 15.6 Å². The van der Waals surface area contributed by atoms with Crippen LogP contribution in [0.2, 0.25) is 0 Å². The third-order valence-corrected chi connectivity index (χ3v) is 15.9. The first kappa shape index (κ1) is 70.9. The molecule has 0 spiro atoms. The van der Waals surface area contributed by atoms with Crippen LogP contribution >= 0.6 is 0 Å². The van der Waals surface area contributed by atoms with Crippen LogP contribution in [-0.2, 0) is 33.3 Å². The Morgan fingerprint density at radius 1 is 0.756 bits per heavy atom. The zero-order chi connectivity index (χ0) is 63.3. The van der Waals surface area contributed by atoms with Gasteiger partial charge in [0.15, 0.2) is 17.6 Å². The number of nitrogens with one attached hydrogen (secondary N) is 1. The number of nitro benzene ring substituents is 1. The van der Waals surface area contributed by atoms with Crippen LogP contribution in [0.3, 0.4) is 0 Å². The van der Waals surface area contributed by atoms with Gasteiger partial charge >= 0.3 is 17.6 Å². The molecule has 12 N–H and O–H groups in total. The summed E-state index contributed by atoms with van der Waals surface area (Å²) in [4.78, 5) is 51.6. The van der Waals surface area contributed by atoms with Crippen molar-refractivity contribution in [2.75, 3.05) is 18.5 Å². The van der Waals surface area contributed by atoms with Crippen LogP contribution in [0.15, 0.2) is 89.7 Å². The van der Waals surface area contributed by atoms with Crippen LogP contribution in [0.4, 0.5) is 11.4 Å². The predicted octanol–water partition coefficient (Wildman–Crippen LogP) is 3.23. The van der Waals surface area contributed by atoms with Crippen molar-refractivity contribution in [3.63, 3.8) is 0 Å². The molecule has 5 rings (SSSR count). The van der Waals surface area contributed by atoms with Crippen molar-refractivity contribution in [2.45, 2.75) is 215 Å². The molecule has 0 saturated carbocycles. The number of rotatable bonds is 12. The van der Waals surface area contributed by atoms with Gasteiger partial charge in [-0.2, -0.15) is 0 Å². The van der Waals surface area contributed by atoms with Gasteiger partial charge in [0.1, 0.15) is 24.2 Å². The number of hydrogen-bond acceptors (Lipinski definition) is 23. The molecule has 0 radical (unpaired) electrons. The van der Waals surface area contributed by atoms with Crippen LogP contribution in [0.25, 0.3) is 11.0 Å². The number of fused-ring (bicyclic) bond motifs is 3. The van der Waals surface area contributed by atoms with Gasteiger partial charge in [-0.15, -0.1) is 0 Å². The Morgan fingerprint density at radius 3 is 2.09 bits per heavy atom. The van der Waals surface area contributed by atoms with Gasteiger partial charge in [-0.3, -0.25) is 24.5 Å². The molecule has 1 aromatic carbocycles. The first-order valence-corrected chi connectivity index (χ1v) is 29.4. The number of aliphatic carboxylic acids is 1. The molecule has 2 fully saturated rings. The summed E-state index contributed by atoms with van der Waals surface area (Å²) in [5.41, 5.74) is 0.568. The first-order chi connectivity index (χ1) is 40.8. The summed E-state index contributed by atoms with van der Waals surface area (Å²) in [6.07, 6.45) is 1.75. The molecule has 3 aliphatic heterocycles. The van der Waals surface area contributed by atoms with E-state index in [1.54, 1.807) is 57.3 Å². The Morgan fingerprint density at radius 2 is 1.40 bits per heavy atom. The summed E-state index contributed by atoms with van der Waals surface area (Å²) in [5.74, 6) is -7.62. The van der Waals surface area contributed by atoms with E-state index in [2.05, 4.69) is 15.6 Å². The number of nitrogens with zero attached hydrogens (tertiary/aromatic N) is 4. The fourth-order valence-electron chi connectivity index (χ4n) is 10.7. The van der Waals surface area contributed by atoms with Crippen molar-refractivity contribution in [3.8, 4) is 0 Å². The molecular formula is C60H89N5O21. The van der Waals surface area contributed by atoms with Crippen molar-refractivity contribution < 1.29 is 99.1 Å². The van der Waals surface area contributed by atoms with E-state index < -0.39 is 158 Å². The summed E-state index contributed by atoms with van der Waals surface area (Å²) >= 11 is 0. The lowest BCUT2D eigenvalue weighted by atomic mass is 9.82. The topological polar surface area (TPSA) is 408 Å². The second-order valence-corrected chi connectivity index (χ2v) is 22.9. The van der Waals surface area contributed by atoms with Crippen LogP contribution in [0, 0.1) is 27.9 Å². The second-order valence-electron chi connectivity index (χ2n) is 22.9. The van der Waals surface area contributed by atoms with Crippen LogP contribution in [0.1, 0.15) is 118 Å². The molecule has 26 nitrogen and oxygen atoms in total. The molecule has 4 heterocycles. The summed E-state index contributed by atoms with van der Waals surface area (Å²) in [5, 5.41) is 143. The number of anilines is 1. The summed E-state index contributed by atoms with van der Waals surface area (Å²) in [6.45, 7) is 7.20. The number of ether oxygens (including phenoxy) is 4. The maximum Gasteiger partial charge on any atom is 0.311 e. The lowest BCUT2D eigenvalue weighted by Crippen LogP contribution is -2.64. The SMILES string of the molecule is CC1C=CC=CCCC=CC=CC=CC=CC(OC2OC(C)C(O)C(NC(=O)CCCCCN(C)c3ccc([N+](=O)[O-])c4nonc34)C2O)CC2OC(O)(CC(O)C(O)CCC(O)CC(O)CC(O)CC(=O)OC(C)C(C)C1O)CC(O)C2C(=O)O. The number of aromatic nitrogens is 2. The van der Waals surface area contributed by atoms with Crippen LogP contribution in [0.5, 0.6) is 0 Å². The number of carboxylic acids is 1. The molecular weight excluding hydrogens is 1130 g/mol. The van der Waals surface area contributed by atoms with E-state index in [1.807, 2.05) is 48.3 Å². The number of unbranched alkanes of at least 4 members (excludes halogenated alkanes) is 2. The molecule has 3 aliphatic rings. The molecule has 2 aromatic rings. The molecule has 19 atom stereocenters. The standard InChI is InChI=1S/C60H89N5O21/c1-35-21-17-14-12-10-8-6-7-9-11-13-15-18-22-42(84-59-57(76)54(56(75)38(4)83-59)61-49(72)23-19-16-20-28-64(5)43-25-26-44(65(80)81)53-52(43)62-86-63-53)32-48-51(58(77)78)47(71)34-60(79,85-48)33-46(70)45(69)27-24-39(66)29-40(67)30-41(68)31-50(73)82-37(3)36(2)55(35)74/h6-7,9,11-15,17-18,21-22,25-26,35-42,45-48,51,54-57,59,66-71,74-76,79H,8,10,16,19-20,23-24,27-34H2,1-5H3,(H,61,72)(H,77,78). The average Bonchev–Trinajstić information content (AvgIpc) is 2.65. The smallest absolute Gasteiger partial charge is 0.311 e. The fraction of sp³-hybridized carbons (Fsp3) is 0.650. The van der Waals surface area contributed by atoms with Crippen LogP contribution < -0.4 is 10.2 Å². The third kappa shape index (κ3) is 21.8. The van der Waals surface area contributed by atoms with Gasteiger partial charge in [0.2, 0.25) is 11.4 Å². The number of aliphatic hydroxyl groups is 10. The largest absolute Gasteiger partial charge is 0.481 e. The highest BCUT2D eigenvalue weighted by atomic mass is 16.7. The van der Waals surface area contributed by atoms with E-state index in [0.717, 1.165) is 6.42 Å². The number of non-ortho nitro benzene ring substituents is 1. The fourth-order valence-corrected chi connectivity index (χ4v) is 10.7. The third-order valence-electron chi connectivity index (χ3n) is 15.9. The van der Waals surface area contributed by atoms with Gasteiger partial charge in [0, 0.05) is 57.2 Å². The van der Waals surface area contributed by atoms with E-state index in [0.29, 0.717) is 37.9 Å². The predicted molar refractivity (Wildman–Crippen MR) is 311 cm³/mol. The van der Waals surface area contributed by atoms with E-state index in [1.165, 1.54) is 19.1 Å². The Bertz CT molecular complexity index is 2650. The summed E-state index contributed by atoms with van der Waals surface area (Å²) < 4.78 is 28.5. The van der Waals surface area contributed by atoms with Gasteiger partial charge in [-0.1, -0.05) is 93.2 Å². The molecule has 26 heteroatoms. The number of esters is 1. The molecule has 2 bridgehead atoms. The Balaban J connectivity index is 1.29. The minimum atomic E-state index is -2.44. The van der Waals surface area contributed by atoms with Crippen molar-refractivity contribution >= 4 is 40.3 Å². The van der Waals surface area contributed by atoms with Gasteiger partial charge in [0.25, 0.3) is 0 Å². The molecule has 0 aliphatic carbocycles. The van der Waals surface area contributed by atoms with E-state index in [9.17, 15) is 80.7 Å². The quantitative estimate of drug-likeness (QED) is 0.0628. The molecule has 2 saturated heterocycles. The molecule has 86 heavy (non-hydrogen) atoms. The minimum absolute atomic E-state index is 0.00405. The number of carbonyl (C=O) groups is 3. The number of carbonyl (C=O) groups excluding carboxylic acids is 2. The van der Waals surface area contributed by atoms with Gasteiger partial charge in [0.05, 0.1) is 84.1 Å². The number of nitro groups is 1. The highest BCUT2D eigenvalue weighted by Gasteiger charge is 2.51. The lowest BCUT2D eigenvalue weighted by molar-refractivity contribution is -0.383. The van der Waals surface area contributed by atoms with E-state index in [-0.39, 0.29) is 54.7 Å². The summed E-state index contributed by atoms with van der Waals surface area (Å²) in [7, 11) is 1.77. The zero-order valence-corrected chi connectivity index (χ0v) is 49.4. The maximum absolute atomic E-state index is 13.4. The minimum Gasteiger partial charge on any atom is -0.481 e. The highest BCUT2D eigenvalue weighted by molar-refractivity contribution is 5.93. The normalized spacial score (nSPS) is 34.8. The molecule has 19 unspecified atom stereocenters. The van der Waals surface area contributed by atoms with Crippen molar-refractivity contribution in [2.24, 2.45) is 17.8 Å². The number of amides is 1.